The number of rotatable bonds is 2. The van der Waals surface area contributed by atoms with Crippen LogP contribution in [-0.4, -0.2) is 25.7 Å². The van der Waals surface area contributed by atoms with Gasteiger partial charge in [0, 0.05) is 11.8 Å². The molecule has 0 bridgehead atoms. The number of nitrogens with zero attached hydrogens (tertiary/aromatic N) is 2. The van der Waals surface area contributed by atoms with Crippen molar-refractivity contribution in [2.75, 3.05) is 18.6 Å². The lowest BCUT2D eigenvalue weighted by Crippen LogP contribution is -2.47. The summed E-state index contributed by atoms with van der Waals surface area (Å²) in [5.74, 6) is 1.42. The summed E-state index contributed by atoms with van der Waals surface area (Å²) in [4.78, 5) is 6.48. The second-order valence-corrected chi connectivity index (χ2v) is 5.65. The van der Waals surface area contributed by atoms with Crippen LogP contribution in [0.1, 0.15) is 20.8 Å². The quantitative estimate of drug-likeness (QED) is 0.872. The van der Waals surface area contributed by atoms with Crippen LogP contribution in [0.3, 0.4) is 0 Å². The summed E-state index contributed by atoms with van der Waals surface area (Å²) in [6.45, 7) is 7.36. The summed E-state index contributed by atoms with van der Waals surface area (Å²) in [7, 11) is 1.67. The fourth-order valence-corrected chi connectivity index (χ4v) is 2.23. The number of methoxy groups -OCH3 is 1. The van der Waals surface area contributed by atoms with Gasteiger partial charge in [0.25, 0.3) is 0 Å². The van der Waals surface area contributed by atoms with Gasteiger partial charge in [-0.2, -0.15) is 0 Å². The first-order valence-electron chi connectivity index (χ1n) is 6.16. The summed E-state index contributed by atoms with van der Waals surface area (Å²) in [6, 6.07) is 8.21. The highest BCUT2D eigenvalue weighted by molar-refractivity contribution is 5.97. The molecule has 4 heteroatoms. The predicted molar refractivity (Wildman–Crippen MR) is 75.2 cm³/mol. The minimum atomic E-state index is 0.119. The van der Waals surface area contributed by atoms with E-state index in [2.05, 4.69) is 30.7 Å². The SMILES string of the molecule is COc1cccc(N2C(N)=NCC2C(C)(C)C)c1. The zero-order chi connectivity index (χ0) is 13.3. The molecular formula is C14H21N3O. The Labute approximate surface area is 108 Å². The zero-order valence-electron chi connectivity index (χ0n) is 11.5. The second-order valence-electron chi connectivity index (χ2n) is 5.65. The fourth-order valence-electron chi connectivity index (χ4n) is 2.23. The number of hydrogen-bond acceptors (Lipinski definition) is 4. The maximum Gasteiger partial charge on any atom is 0.196 e. The molecule has 1 heterocycles. The molecule has 0 fully saturated rings. The van der Waals surface area contributed by atoms with E-state index in [1.54, 1.807) is 7.11 Å². The van der Waals surface area contributed by atoms with E-state index in [-0.39, 0.29) is 11.5 Å². The first-order valence-corrected chi connectivity index (χ1v) is 6.16. The lowest BCUT2D eigenvalue weighted by molar-refractivity contribution is 0.335. The Bertz CT molecular complexity index is 462. The largest absolute Gasteiger partial charge is 0.497 e. The minimum absolute atomic E-state index is 0.119. The highest BCUT2D eigenvalue weighted by atomic mass is 16.5. The fraction of sp³-hybridized carbons (Fsp3) is 0.500. The Morgan fingerprint density at radius 1 is 1.39 bits per heavy atom. The average molecular weight is 247 g/mol. The van der Waals surface area contributed by atoms with Gasteiger partial charge in [0.2, 0.25) is 0 Å². The van der Waals surface area contributed by atoms with E-state index in [0.717, 1.165) is 18.0 Å². The van der Waals surface area contributed by atoms with Crippen molar-refractivity contribution in [3.05, 3.63) is 24.3 Å². The lowest BCUT2D eigenvalue weighted by Gasteiger charge is -2.35. The van der Waals surface area contributed by atoms with E-state index >= 15 is 0 Å². The molecule has 1 unspecified atom stereocenters. The van der Waals surface area contributed by atoms with Gasteiger partial charge in [-0.15, -0.1) is 0 Å². The maximum absolute atomic E-state index is 6.02. The van der Waals surface area contributed by atoms with Crippen LogP contribution >= 0.6 is 0 Å². The van der Waals surface area contributed by atoms with Gasteiger partial charge in [0.1, 0.15) is 5.75 Å². The monoisotopic (exact) mass is 247 g/mol. The Kier molecular flexibility index (Phi) is 3.20. The van der Waals surface area contributed by atoms with E-state index in [0.29, 0.717) is 5.96 Å². The molecular weight excluding hydrogens is 226 g/mol. The topological polar surface area (TPSA) is 50.9 Å². The Balaban J connectivity index is 2.37. The van der Waals surface area contributed by atoms with Crippen LogP contribution in [0.2, 0.25) is 0 Å². The molecule has 0 spiro atoms. The van der Waals surface area contributed by atoms with Gasteiger partial charge >= 0.3 is 0 Å². The van der Waals surface area contributed by atoms with Crippen LogP contribution in [0.15, 0.2) is 29.3 Å². The number of anilines is 1. The Morgan fingerprint density at radius 2 is 2.11 bits per heavy atom. The van der Waals surface area contributed by atoms with Crippen molar-refractivity contribution in [2.45, 2.75) is 26.8 Å². The molecule has 0 aromatic heterocycles. The van der Waals surface area contributed by atoms with Gasteiger partial charge in [-0.1, -0.05) is 26.8 Å². The van der Waals surface area contributed by atoms with Gasteiger partial charge in [-0.3, -0.25) is 4.99 Å². The number of nitrogens with two attached hydrogens (primary N) is 1. The molecule has 0 amide bonds. The predicted octanol–water partition coefficient (Wildman–Crippen LogP) is 2.24. The van der Waals surface area contributed by atoms with Crippen molar-refractivity contribution in [3.8, 4) is 5.75 Å². The summed E-state index contributed by atoms with van der Waals surface area (Å²) in [5.41, 5.74) is 7.18. The van der Waals surface area contributed by atoms with Crippen molar-refractivity contribution in [1.29, 1.82) is 0 Å². The lowest BCUT2D eigenvalue weighted by atomic mass is 9.86. The zero-order valence-corrected chi connectivity index (χ0v) is 11.5. The molecule has 1 aromatic rings. The summed E-state index contributed by atoms with van der Waals surface area (Å²) >= 11 is 0. The minimum Gasteiger partial charge on any atom is -0.497 e. The third kappa shape index (κ3) is 2.28. The molecule has 1 atom stereocenters. The van der Waals surface area contributed by atoms with E-state index in [4.69, 9.17) is 10.5 Å². The highest BCUT2D eigenvalue weighted by Crippen LogP contribution is 2.33. The molecule has 1 aromatic carbocycles. The molecule has 0 saturated heterocycles. The molecule has 1 aliphatic heterocycles. The molecule has 0 saturated carbocycles. The number of benzene rings is 1. The molecule has 18 heavy (non-hydrogen) atoms. The smallest absolute Gasteiger partial charge is 0.196 e. The molecule has 0 radical (unpaired) electrons. The Morgan fingerprint density at radius 3 is 2.72 bits per heavy atom. The van der Waals surface area contributed by atoms with Crippen LogP contribution in [-0.2, 0) is 0 Å². The van der Waals surface area contributed by atoms with Gasteiger partial charge in [-0.25, -0.2) is 0 Å². The van der Waals surface area contributed by atoms with Crippen LogP contribution in [0.4, 0.5) is 5.69 Å². The Hall–Kier alpha value is -1.71. The first kappa shape index (κ1) is 12.7. The first-order chi connectivity index (χ1) is 8.43. The second kappa shape index (κ2) is 4.52. The molecule has 2 N–H and O–H groups in total. The van der Waals surface area contributed by atoms with Gasteiger partial charge in [-0.05, 0) is 17.5 Å². The normalized spacial score (nSPS) is 19.9. The summed E-state index contributed by atoms with van der Waals surface area (Å²) < 4.78 is 5.26. The molecule has 1 aliphatic rings. The number of hydrogen-bond donors (Lipinski definition) is 1. The van der Waals surface area contributed by atoms with Crippen molar-refractivity contribution >= 4 is 11.6 Å². The highest BCUT2D eigenvalue weighted by Gasteiger charge is 2.36. The van der Waals surface area contributed by atoms with Crippen molar-refractivity contribution < 1.29 is 4.74 Å². The van der Waals surface area contributed by atoms with Crippen LogP contribution < -0.4 is 15.4 Å². The number of ether oxygens (including phenoxy) is 1. The van der Waals surface area contributed by atoms with Crippen molar-refractivity contribution in [3.63, 3.8) is 0 Å². The van der Waals surface area contributed by atoms with Crippen LogP contribution in [0.5, 0.6) is 5.75 Å². The maximum atomic E-state index is 6.02. The third-order valence-corrected chi connectivity index (χ3v) is 3.32. The average Bonchev–Trinajstić information content (AvgIpc) is 2.71. The van der Waals surface area contributed by atoms with E-state index in [9.17, 15) is 0 Å². The number of aliphatic imine (C=N–C) groups is 1. The van der Waals surface area contributed by atoms with Crippen LogP contribution in [0, 0.1) is 5.41 Å². The standard InChI is InChI=1S/C14H21N3O/c1-14(2,3)12-9-16-13(15)17(12)10-6-5-7-11(8-10)18-4/h5-8,12H,9H2,1-4H3,(H2,15,16). The van der Waals surface area contributed by atoms with Crippen LogP contribution in [0.25, 0.3) is 0 Å². The van der Waals surface area contributed by atoms with E-state index in [1.807, 2.05) is 24.3 Å². The van der Waals surface area contributed by atoms with E-state index < -0.39 is 0 Å². The molecule has 98 valence electrons. The van der Waals surface area contributed by atoms with Gasteiger partial charge in [0.15, 0.2) is 5.96 Å². The summed E-state index contributed by atoms with van der Waals surface area (Å²) in [6.07, 6.45) is 0. The molecule has 4 nitrogen and oxygen atoms in total. The van der Waals surface area contributed by atoms with Crippen molar-refractivity contribution in [2.24, 2.45) is 16.1 Å². The molecule has 2 rings (SSSR count). The van der Waals surface area contributed by atoms with Gasteiger partial charge < -0.3 is 15.4 Å². The van der Waals surface area contributed by atoms with E-state index in [1.165, 1.54) is 0 Å². The molecule has 0 aliphatic carbocycles. The number of guanidine groups is 1. The summed E-state index contributed by atoms with van der Waals surface area (Å²) in [5, 5.41) is 0. The third-order valence-electron chi connectivity index (χ3n) is 3.32. The van der Waals surface area contributed by atoms with Crippen molar-refractivity contribution in [1.82, 2.24) is 0 Å². The van der Waals surface area contributed by atoms with Gasteiger partial charge in [0.05, 0.1) is 19.7 Å².